The van der Waals surface area contributed by atoms with Gasteiger partial charge in [-0.25, -0.2) is 0 Å². The smallest absolute Gasteiger partial charge is 0.303 e. The minimum Gasteiger partial charge on any atom is -0.510 e. The normalized spacial score (nSPS) is 27.2. The predicted octanol–water partition coefficient (Wildman–Crippen LogP) is 4.46. The highest BCUT2D eigenvalue weighted by atomic mass is 16.4. The molecule has 4 aliphatic rings. The molecular weight excluding hydrogens is 670 g/mol. The summed E-state index contributed by atoms with van der Waals surface area (Å²) in [6.07, 6.45) is 13.3. The SMILES string of the molecule is CCCCCCCCCCCC(=O)O.CN(C)[C@@H]1C(O)=C(C(=O)NCN2CCCC2)C(=O)[C@@]2(O)C(O)=C3C(=O)c4c(O)cccc4[C@@](C)(O)C3C[C@@H]12. The number of aliphatic carboxylic acids is 1. The molecule has 5 rings (SSSR count). The number of nitrogens with one attached hydrogen (secondary N) is 1. The van der Waals surface area contributed by atoms with Gasteiger partial charge in [0.25, 0.3) is 5.91 Å². The number of phenolic OH excluding ortho intramolecular Hbond substituents is 1. The fourth-order valence-electron chi connectivity index (χ4n) is 8.29. The summed E-state index contributed by atoms with van der Waals surface area (Å²) in [5, 5.41) is 67.6. The van der Waals surface area contributed by atoms with Gasteiger partial charge in [0, 0.05) is 23.8 Å². The first-order valence-corrected chi connectivity index (χ1v) is 18.7. The second-order valence-corrected chi connectivity index (χ2v) is 15.1. The maximum absolute atomic E-state index is 13.8. The number of amides is 1. The molecule has 0 spiro atoms. The molecule has 1 aromatic carbocycles. The number of fused-ring (bicyclic) bond motifs is 3. The van der Waals surface area contributed by atoms with E-state index < -0.39 is 80.9 Å². The second-order valence-electron chi connectivity index (χ2n) is 15.1. The molecular formula is C39H57N3O10. The summed E-state index contributed by atoms with van der Waals surface area (Å²) in [5.74, 6) is -7.83. The molecule has 3 aliphatic carbocycles. The van der Waals surface area contributed by atoms with Crippen molar-refractivity contribution in [1.29, 1.82) is 0 Å². The van der Waals surface area contributed by atoms with Crippen molar-refractivity contribution in [2.45, 2.75) is 115 Å². The topological polar surface area (TPSA) is 208 Å². The van der Waals surface area contributed by atoms with Gasteiger partial charge in [0.1, 0.15) is 22.8 Å². The summed E-state index contributed by atoms with van der Waals surface area (Å²) in [6, 6.07) is 3.16. The van der Waals surface area contributed by atoms with Crippen LogP contribution in [0.3, 0.4) is 0 Å². The van der Waals surface area contributed by atoms with Gasteiger partial charge in [0.2, 0.25) is 5.78 Å². The molecule has 1 amide bonds. The zero-order valence-corrected chi connectivity index (χ0v) is 31.0. The van der Waals surface area contributed by atoms with Crippen LogP contribution in [0.15, 0.2) is 40.9 Å². The number of ketones is 2. The zero-order chi connectivity index (χ0) is 38.4. The van der Waals surface area contributed by atoms with Crippen LogP contribution in [0.25, 0.3) is 0 Å². The number of aliphatic hydroxyl groups excluding tert-OH is 2. The first-order valence-electron chi connectivity index (χ1n) is 18.7. The Morgan fingerprint density at radius 3 is 2.12 bits per heavy atom. The lowest BCUT2D eigenvalue weighted by Crippen LogP contribution is -2.65. The van der Waals surface area contributed by atoms with E-state index in [1.165, 1.54) is 75.0 Å². The maximum Gasteiger partial charge on any atom is 0.303 e. The molecule has 1 heterocycles. The summed E-state index contributed by atoms with van der Waals surface area (Å²) < 4.78 is 0. The number of aliphatic hydroxyl groups is 4. The number of Topliss-reactive ketones (excluding diaryl/α,β-unsaturated/α-hetero) is 2. The molecule has 1 unspecified atom stereocenters. The van der Waals surface area contributed by atoms with Crippen molar-refractivity contribution < 1.29 is 49.8 Å². The molecule has 1 aromatic rings. The summed E-state index contributed by atoms with van der Waals surface area (Å²) in [6.45, 7) is 5.35. The van der Waals surface area contributed by atoms with Gasteiger partial charge in [0.15, 0.2) is 11.4 Å². The molecule has 0 bridgehead atoms. The number of likely N-dealkylation sites (N-methyl/N-ethyl adjacent to an activating group) is 1. The number of hydrogen-bond acceptors (Lipinski definition) is 11. The zero-order valence-electron chi connectivity index (χ0n) is 31.0. The van der Waals surface area contributed by atoms with Gasteiger partial charge < -0.3 is 36.0 Å². The third-order valence-corrected chi connectivity index (χ3v) is 11.2. The van der Waals surface area contributed by atoms with Crippen molar-refractivity contribution in [3.63, 3.8) is 0 Å². The Labute approximate surface area is 306 Å². The molecule has 1 aliphatic heterocycles. The van der Waals surface area contributed by atoms with Crippen LogP contribution < -0.4 is 5.32 Å². The Bertz CT molecular complexity index is 1560. The van der Waals surface area contributed by atoms with E-state index in [9.17, 15) is 44.7 Å². The minimum atomic E-state index is -2.72. The number of carboxylic acids is 1. The molecule has 5 atom stereocenters. The molecule has 13 nitrogen and oxygen atoms in total. The standard InChI is InChI=1S/C27H33N3O8.C12H24O2/c1-26(37)13-7-6-8-16(31)17(13)21(32)18-14(26)11-15-20(29(2)3)22(33)19(24(35)27(15,38)23(18)34)25(36)28-12-30-9-4-5-10-30;1-2-3-4-5-6-7-8-9-10-11-12(13)14/h6-8,14-15,20,31,33-34,37-38H,4-5,9-12H2,1-3H3,(H,28,36);2-11H2,1H3,(H,13,14)/t14?,15-,20-,26+,27-;/m0./s1. The number of carbonyl (C=O) groups is 4. The number of hydrogen-bond donors (Lipinski definition) is 7. The molecule has 13 heteroatoms. The quantitative estimate of drug-likeness (QED) is 0.105. The Morgan fingerprint density at radius 1 is 0.942 bits per heavy atom. The average molecular weight is 728 g/mol. The Kier molecular flexibility index (Phi) is 13.7. The number of rotatable bonds is 14. The number of benzene rings is 1. The lowest BCUT2D eigenvalue weighted by Gasteiger charge is -2.52. The van der Waals surface area contributed by atoms with Crippen LogP contribution in [-0.4, -0.2) is 109 Å². The van der Waals surface area contributed by atoms with Gasteiger partial charge in [-0.05, 0) is 71.4 Å². The lowest BCUT2D eigenvalue weighted by molar-refractivity contribution is -0.152. The summed E-state index contributed by atoms with van der Waals surface area (Å²) in [7, 11) is 3.18. The maximum atomic E-state index is 13.8. The Hall–Kier alpha value is -3.78. The number of carboxylic acid groups (broad SMARTS) is 1. The average Bonchev–Trinajstić information content (AvgIpc) is 3.61. The molecule has 0 radical (unpaired) electrons. The lowest BCUT2D eigenvalue weighted by atomic mass is 9.55. The molecule has 288 valence electrons. The highest BCUT2D eigenvalue weighted by molar-refractivity contribution is 6.25. The fraction of sp³-hybridized carbons (Fsp3) is 0.641. The van der Waals surface area contributed by atoms with Gasteiger partial charge >= 0.3 is 5.97 Å². The van der Waals surface area contributed by atoms with E-state index in [1.807, 2.05) is 4.90 Å². The summed E-state index contributed by atoms with van der Waals surface area (Å²) in [4.78, 5) is 54.2. The molecule has 1 saturated heterocycles. The number of phenols is 1. The van der Waals surface area contributed by atoms with Crippen LogP contribution in [0.5, 0.6) is 5.75 Å². The van der Waals surface area contributed by atoms with Crippen LogP contribution in [0.4, 0.5) is 0 Å². The number of carbonyl (C=O) groups excluding carboxylic acids is 3. The van der Waals surface area contributed by atoms with Gasteiger partial charge in [-0.2, -0.15) is 0 Å². The van der Waals surface area contributed by atoms with E-state index in [4.69, 9.17) is 5.11 Å². The summed E-state index contributed by atoms with van der Waals surface area (Å²) in [5.41, 5.74) is -5.65. The Balaban J connectivity index is 0.000000368. The summed E-state index contributed by atoms with van der Waals surface area (Å²) >= 11 is 0. The number of unbranched alkanes of at least 4 members (excludes halogenated alkanes) is 8. The molecule has 1 fully saturated rings. The molecule has 7 N–H and O–H groups in total. The molecule has 52 heavy (non-hydrogen) atoms. The van der Waals surface area contributed by atoms with E-state index in [2.05, 4.69) is 12.2 Å². The van der Waals surface area contributed by atoms with Crippen molar-refractivity contribution in [1.82, 2.24) is 15.1 Å². The highest BCUT2D eigenvalue weighted by Gasteiger charge is 2.65. The minimum absolute atomic E-state index is 0.143. The van der Waals surface area contributed by atoms with Crippen LogP contribution >= 0.6 is 0 Å². The van der Waals surface area contributed by atoms with Crippen LogP contribution in [-0.2, 0) is 20.0 Å². The second kappa shape index (κ2) is 17.4. The van der Waals surface area contributed by atoms with E-state index in [0.717, 1.165) is 38.8 Å². The van der Waals surface area contributed by atoms with E-state index >= 15 is 0 Å². The first kappa shape index (κ1) is 41.0. The van der Waals surface area contributed by atoms with Crippen molar-refractivity contribution in [3.05, 3.63) is 52.0 Å². The van der Waals surface area contributed by atoms with Crippen molar-refractivity contribution in [3.8, 4) is 5.75 Å². The van der Waals surface area contributed by atoms with Crippen LogP contribution in [0.1, 0.15) is 113 Å². The Morgan fingerprint density at radius 2 is 1.54 bits per heavy atom. The van der Waals surface area contributed by atoms with Crippen LogP contribution in [0.2, 0.25) is 0 Å². The predicted molar refractivity (Wildman–Crippen MR) is 194 cm³/mol. The van der Waals surface area contributed by atoms with Crippen molar-refractivity contribution >= 4 is 23.4 Å². The van der Waals surface area contributed by atoms with E-state index in [0.29, 0.717) is 6.42 Å². The highest BCUT2D eigenvalue weighted by Crippen LogP contribution is 2.56. The third kappa shape index (κ3) is 8.22. The van der Waals surface area contributed by atoms with Crippen molar-refractivity contribution in [2.24, 2.45) is 11.8 Å². The number of aromatic hydroxyl groups is 1. The van der Waals surface area contributed by atoms with E-state index in [-0.39, 0.29) is 24.2 Å². The first-order chi connectivity index (χ1) is 24.6. The number of nitrogens with zero attached hydrogens (tertiary/aromatic N) is 2. The van der Waals surface area contributed by atoms with Gasteiger partial charge in [-0.3, -0.25) is 29.0 Å². The van der Waals surface area contributed by atoms with E-state index in [1.54, 1.807) is 14.1 Å². The molecule has 0 saturated carbocycles. The largest absolute Gasteiger partial charge is 0.510 e. The van der Waals surface area contributed by atoms with Gasteiger partial charge in [-0.1, -0.05) is 70.4 Å². The van der Waals surface area contributed by atoms with Crippen LogP contribution in [0, 0.1) is 11.8 Å². The van der Waals surface area contributed by atoms with Gasteiger partial charge in [-0.15, -0.1) is 0 Å². The third-order valence-electron chi connectivity index (χ3n) is 11.2. The van der Waals surface area contributed by atoms with Gasteiger partial charge in [0.05, 0.1) is 23.9 Å². The monoisotopic (exact) mass is 727 g/mol. The fourth-order valence-corrected chi connectivity index (χ4v) is 8.29. The number of likely N-dealkylation sites (tertiary alicyclic amines) is 1. The van der Waals surface area contributed by atoms with Crippen molar-refractivity contribution in [2.75, 3.05) is 33.9 Å². The molecule has 0 aromatic heterocycles.